The van der Waals surface area contributed by atoms with Crippen LogP contribution in [0, 0.1) is 0 Å². The van der Waals surface area contributed by atoms with E-state index in [1.54, 1.807) is 11.8 Å². The fraction of sp³-hybridized carbons (Fsp3) is 0.818. The molecule has 1 unspecified atom stereocenters. The van der Waals surface area contributed by atoms with Gasteiger partial charge in [-0.25, -0.2) is 0 Å². The maximum absolute atomic E-state index is 12.2. The normalized spacial score (nSPS) is 26.0. The Labute approximate surface area is 111 Å². The molecule has 3 N–H and O–H groups in total. The van der Waals surface area contributed by atoms with Crippen molar-refractivity contribution in [3.63, 3.8) is 0 Å². The largest absolute Gasteiger partial charge is 0.369 e. The van der Waals surface area contributed by atoms with E-state index in [9.17, 15) is 9.59 Å². The van der Waals surface area contributed by atoms with E-state index >= 15 is 0 Å². The monoisotopic (exact) mass is 272 g/mol. The quantitative estimate of drug-likeness (QED) is 0.665. The predicted octanol–water partition coefficient (Wildman–Crippen LogP) is -1.33. The zero-order chi connectivity index (χ0) is 13.0. The van der Waals surface area contributed by atoms with Crippen LogP contribution >= 0.6 is 11.8 Å². The number of thioether (sulfide) groups is 1. The van der Waals surface area contributed by atoms with Crippen LogP contribution in [0.4, 0.5) is 0 Å². The molecule has 2 heterocycles. The summed E-state index contributed by atoms with van der Waals surface area (Å²) in [6, 6.07) is -0.0299. The number of hydrogen-bond acceptors (Lipinski definition) is 5. The second-order valence-corrected chi connectivity index (χ2v) is 5.72. The summed E-state index contributed by atoms with van der Waals surface area (Å²) in [6.45, 7) is 3.32. The maximum Gasteiger partial charge on any atom is 0.240 e. The van der Waals surface area contributed by atoms with E-state index in [1.165, 1.54) is 0 Å². The van der Waals surface area contributed by atoms with Crippen LogP contribution in [-0.2, 0) is 9.59 Å². The van der Waals surface area contributed by atoms with E-state index < -0.39 is 0 Å². The molecule has 0 aromatic carbocycles. The van der Waals surface area contributed by atoms with Crippen molar-refractivity contribution < 1.29 is 9.59 Å². The molecule has 0 radical (unpaired) electrons. The minimum Gasteiger partial charge on any atom is -0.369 e. The molecule has 0 aromatic rings. The molecule has 0 aliphatic carbocycles. The van der Waals surface area contributed by atoms with Crippen LogP contribution in [0.1, 0.15) is 6.42 Å². The summed E-state index contributed by atoms with van der Waals surface area (Å²) in [7, 11) is 0. The molecule has 0 spiro atoms. The van der Waals surface area contributed by atoms with Crippen molar-refractivity contribution in [2.24, 2.45) is 5.73 Å². The molecule has 1 atom stereocenters. The number of nitrogens with two attached hydrogens (primary N) is 1. The number of carbonyl (C=O) groups excluding carboxylic acids is 2. The average molecular weight is 272 g/mol. The maximum atomic E-state index is 12.2. The lowest BCUT2D eigenvalue weighted by Gasteiger charge is -2.24. The lowest BCUT2D eigenvalue weighted by atomic mass is 10.2. The topological polar surface area (TPSA) is 78.7 Å². The summed E-state index contributed by atoms with van der Waals surface area (Å²) in [5.41, 5.74) is 5.19. The Morgan fingerprint density at radius 2 is 2.11 bits per heavy atom. The van der Waals surface area contributed by atoms with Gasteiger partial charge in [-0.05, 0) is 6.42 Å². The first-order chi connectivity index (χ1) is 8.66. The van der Waals surface area contributed by atoms with Crippen molar-refractivity contribution in [3.05, 3.63) is 0 Å². The Morgan fingerprint density at radius 3 is 2.78 bits per heavy atom. The highest BCUT2D eigenvalue weighted by Gasteiger charge is 2.28. The van der Waals surface area contributed by atoms with E-state index in [-0.39, 0.29) is 17.9 Å². The first-order valence-corrected chi connectivity index (χ1v) is 7.43. The first kappa shape index (κ1) is 13.6. The molecule has 7 heteroatoms. The van der Waals surface area contributed by atoms with E-state index in [0.29, 0.717) is 13.1 Å². The fourth-order valence-corrected chi connectivity index (χ4v) is 3.28. The highest BCUT2D eigenvalue weighted by atomic mass is 32.2. The van der Waals surface area contributed by atoms with E-state index in [2.05, 4.69) is 5.32 Å². The van der Waals surface area contributed by atoms with Gasteiger partial charge in [0.05, 0.1) is 12.6 Å². The summed E-state index contributed by atoms with van der Waals surface area (Å²) in [5, 5.41) is 3.20. The van der Waals surface area contributed by atoms with Crippen LogP contribution in [-0.4, -0.2) is 72.0 Å². The van der Waals surface area contributed by atoms with Crippen LogP contribution in [0.25, 0.3) is 0 Å². The molecule has 18 heavy (non-hydrogen) atoms. The number of carbonyl (C=O) groups is 2. The summed E-state index contributed by atoms with van der Waals surface area (Å²) in [4.78, 5) is 27.0. The molecule has 2 rings (SSSR count). The van der Waals surface area contributed by atoms with Crippen LogP contribution in [0.5, 0.6) is 0 Å². The Hall–Kier alpha value is -0.790. The number of hydrogen-bond donors (Lipinski definition) is 2. The SMILES string of the molecule is NC(=O)CN1CCCN(C(=O)C2CSCN2)CC1. The van der Waals surface area contributed by atoms with E-state index in [4.69, 9.17) is 5.73 Å². The van der Waals surface area contributed by atoms with Gasteiger partial charge in [-0.3, -0.25) is 19.8 Å². The third-order valence-electron chi connectivity index (χ3n) is 3.29. The van der Waals surface area contributed by atoms with Gasteiger partial charge >= 0.3 is 0 Å². The molecule has 2 amide bonds. The van der Waals surface area contributed by atoms with Crippen LogP contribution in [0.3, 0.4) is 0 Å². The van der Waals surface area contributed by atoms with E-state index in [1.807, 2.05) is 9.80 Å². The smallest absolute Gasteiger partial charge is 0.240 e. The molecule has 0 saturated carbocycles. The van der Waals surface area contributed by atoms with Gasteiger partial charge in [-0.2, -0.15) is 0 Å². The number of nitrogens with zero attached hydrogens (tertiary/aromatic N) is 2. The number of nitrogens with one attached hydrogen (secondary N) is 1. The second-order valence-electron chi connectivity index (χ2n) is 4.69. The molecular weight excluding hydrogens is 252 g/mol. The van der Waals surface area contributed by atoms with Gasteiger partial charge in [-0.1, -0.05) is 0 Å². The summed E-state index contributed by atoms with van der Waals surface area (Å²) in [6.07, 6.45) is 0.902. The Kier molecular flexibility index (Phi) is 4.85. The Bertz CT molecular complexity index is 320. The van der Waals surface area contributed by atoms with Crippen molar-refractivity contribution in [2.75, 3.05) is 44.4 Å². The average Bonchev–Trinajstić information content (AvgIpc) is 2.76. The molecule has 2 aliphatic rings. The van der Waals surface area contributed by atoms with Gasteiger partial charge in [0.2, 0.25) is 11.8 Å². The highest BCUT2D eigenvalue weighted by Crippen LogP contribution is 2.13. The van der Waals surface area contributed by atoms with Gasteiger partial charge < -0.3 is 10.6 Å². The molecule has 2 saturated heterocycles. The van der Waals surface area contributed by atoms with Gasteiger partial charge in [-0.15, -0.1) is 11.8 Å². The fourth-order valence-electron chi connectivity index (χ4n) is 2.34. The third kappa shape index (κ3) is 3.60. The Morgan fingerprint density at radius 1 is 1.28 bits per heavy atom. The van der Waals surface area contributed by atoms with E-state index in [0.717, 1.165) is 37.7 Å². The van der Waals surface area contributed by atoms with Gasteiger partial charge in [0.25, 0.3) is 0 Å². The molecule has 0 bridgehead atoms. The van der Waals surface area contributed by atoms with Crippen LogP contribution in [0.2, 0.25) is 0 Å². The van der Waals surface area contributed by atoms with Gasteiger partial charge in [0.1, 0.15) is 0 Å². The van der Waals surface area contributed by atoms with Gasteiger partial charge in [0, 0.05) is 37.8 Å². The number of amides is 2. The molecule has 102 valence electrons. The minimum absolute atomic E-state index is 0.0299. The zero-order valence-electron chi connectivity index (χ0n) is 10.4. The molecule has 6 nitrogen and oxygen atoms in total. The van der Waals surface area contributed by atoms with Crippen LogP contribution in [0.15, 0.2) is 0 Å². The zero-order valence-corrected chi connectivity index (χ0v) is 11.2. The third-order valence-corrected chi connectivity index (χ3v) is 4.23. The predicted molar refractivity (Wildman–Crippen MR) is 71.1 cm³/mol. The highest BCUT2D eigenvalue weighted by molar-refractivity contribution is 7.99. The molecule has 2 aliphatic heterocycles. The minimum atomic E-state index is -0.302. The van der Waals surface area contributed by atoms with Crippen molar-refractivity contribution in [1.82, 2.24) is 15.1 Å². The van der Waals surface area contributed by atoms with Crippen LogP contribution < -0.4 is 11.1 Å². The second kappa shape index (κ2) is 6.40. The summed E-state index contributed by atoms with van der Waals surface area (Å²) in [5.74, 6) is 1.61. The van der Waals surface area contributed by atoms with Gasteiger partial charge in [0.15, 0.2) is 0 Å². The molecular formula is C11H20N4O2S. The molecule has 2 fully saturated rings. The Balaban J connectivity index is 1.84. The summed E-state index contributed by atoms with van der Waals surface area (Å²) < 4.78 is 0. The lowest BCUT2D eigenvalue weighted by molar-refractivity contribution is -0.132. The van der Waals surface area contributed by atoms with Crippen molar-refractivity contribution >= 4 is 23.6 Å². The van der Waals surface area contributed by atoms with Crippen molar-refractivity contribution in [3.8, 4) is 0 Å². The summed E-state index contributed by atoms with van der Waals surface area (Å²) >= 11 is 1.76. The number of primary amides is 1. The number of rotatable bonds is 3. The van der Waals surface area contributed by atoms with Crippen molar-refractivity contribution in [1.29, 1.82) is 0 Å². The lowest BCUT2D eigenvalue weighted by Crippen LogP contribution is -2.46. The first-order valence-electron chi connectivity index (χ1n) is 6.27. The van der Waals surface area contributed by atoms with Crippen molar-refractivity contribution in [2.45, 2.75) is 12.5 Å². The molecule has 0 aromatic heterocycles. The standard InChI is InChI=1S/C11H20N4O2S/c12-10(16)6-14-2-1-3-15(5-4-14)11(17)9-7-18-8-13-9/h9,13H,1-8H2,(H2,12,16).